The molecule has 0 aliphatic heterocycles. The summed E-state index contributed by atoms with van der Waals surface area (Å²) in [6, 6.07) is 0.0527. The van der Waals surface area contributed by atoms with Crippen LogP contribution in [0.25, 0.3) is 0 Å². The van der Waals surface area contributed by atoms with Crippen molar-refractivity contribution in [2.75, 3.05) is 0 Å². The van der Waals surface area contributed by atoms with Gasteiger partial charge in [-0.25, -0.2) is 0 Å². The van der Waals surface area contributed by atoms with Crippen LogP contribution < -0.4 is 4.84 Å². The van der Waals surface area contributed by atoms with Gasteiger partial charge in [-0.2, -0.15) is 15.0 Å². The Kier molecular flexibility index (Phi) is 12.5. The molecular formula is C21H34Cl2N4O. The topological polar surface area (TPSA) is 60.3 Å². The van der Waals surface area contributed by atoms with Gasteiger partial charge in [0.25, 0.3) is 0 Å². The number of hydrogen-bond donors (Lipinski definition) is 0. The molecule has 1 saturated carbocycles. The van der Waals surface area contributed by atoms with E-state index in [0.29, 0.717) is 0 Å². The Morgan fingerprint density at radius 1 is 0.536 bits per heavy atom. The summed E-state index contributed by atoms with van der Waals surface area (Å²) >= 11 is 11.6. The van der Waals surface area contributed by atoms with Crippen molar-refractivity contribution in [2.24, 2.45) is 5.16 Å². The molecule has 0 N–H and O–H groups in total. The van der Waals surface area contributed by atoms with E-state index in [1.807, 2.05) is 0 Å². The average molecular weight is 429 g/mol. The highest BCUT2D eigenvalue weighted by Crippen LogP contribution is 2.17. The lowest BCUT2D eigenvalue weighted by Gasteiger charge is -2.08. The second kappa shape index (κ2) is 15.0. The molecule has 0 spiro atoms. The minimum atomic E-state index is 0.0138. The van der Waals surface area contributed by atoms with Gasteiger partial charge >= 0.3 is 6.01 Å². The van der Waals surface area contributed by atoms with Crippen molar-refractivity contribution in [2.45, 2.75) is 109 Å². The molecule has 1 aliphatic rings. The molecule has 0 saturated heterocycles. The molecule has 1 fully saturated rings. The van der Waals surface area contributed by atoms with Gasteiger partial charge in [0.1, 0.15) is 0 Å². The highest BCUT2D eigenvalue weighted by molar-refractivity contribution is 6.31. The molecule has 1 aromatic heterocycles. The summed E-state index contributed by atoms with van der Waals surface area (Å²) in [5.74, 6) is 0. The molecule has 0 amide bonds. The first-order valence-corrected chi connectivity index (χ1v) is 11.8. The number of oxime groups is 1. The van der Waals surface area contributed by atoms with Crippen LogP contribution >= 0.6 is 23.2 Å². The average Bonchev–Trinajstić information content (AvgIpc) is 2.66. The van der Waals surface area contributed by atoms with Crippen molar-refractivity contribution >= 4 is 28.9 Å². The van der Waals surface area contributed by atoms with Crippen molar-refractivity contribution in [1.82, 2.24) is 15.0 Å². The summed E-state index contributed by atoms with van der Waals surface area (Å²) in [7, 11) is 0. The maximum absolute atomic E-state index is 5.79. The molecule has 1 aliphatic carbocycles. The van der Waals surface area contributed by atoms with E-state index in [-0.39, 0.29) is 16.6 Å². The van der Waals surface area contributed by atoms with Crippen LogP contribution in [0.1, 0.15) is 109 Å². The fraction of sp³-hybridized carbons (Fsp3) is 0.810. The molecule has 0 unspecified atom stereocenters. The SMILES string of the molecule is Clc1nc(Cl)nc(ON=C2CCCCCCCCCCCCCCCCC2)n1. The number of aromatic nitrogens is 3. The first-order chi connectivity index (χ1) is 13.7. The molecule has 0 atom stereocenters. The van der Waals surface area contributed by atoms with Crippen molar-refractivity contribution in [3.63, 3.8) is 0 Å². The van der Waals surface area contributed by atoms with Gasteiger partial charge in [-0.3, -0.25) is 0 Å². The Hall–Kier alpha value is -0.940. The van der Waals surface area contributed by atoms with Gasteiger partial charge in [0.15, 0.2) is 0 Å². The number of nitrogens with zero attached hydrogens (tertiary/aromatic N) is 4. The summed E-state index contributed by atoms with van der Waals surface area (Å²) in [6.45, 7) is 0. The van der Waals surface area contributed by atoms with Gasteiger partial charge in [-0.15, -0.1) is 0 Å². The Morgan fingerprint density at radius 3 is 1.29 bits per heavy atom. The van der Waals surface area contributed by atoms with E-state index in [1.165, 1.54) is 83.5 Å². The number of rotatable bonds is 2. The van der Waals surface area contributed by atoms with Gasteiger partial charge in [-0.05, 0) is 48.9 Å². The van der Waals surface area contributed by atoms with Crippen LogP contribution in [-0.4, -0.2) is 20.7 Å². The second-order valence-electron chi connectivity index (χ2n) is 7.71. The van der Waals surface area contributed by atoms with E-state index in [1.54, 1.807) is 0 Å². The molecular weight excluding hydrogens is 395 g/mol. The fourth-order valence-corrected chi connectivity index (χ4v) is 3.98. The lowest BCUT2D eigenvalue weighted by molar-refractivity contribution is 0.308. The molecule has 1 aromatic rings. The normalized spacial score (nSPS) is 19.4. The highest BCUT2D eigenvalue weighted by atomic mass is 35.5. The molecule has 0 aromatic carbocycles. The molecule has 7 heteroatoms. The van der Waals surface area contributed by atoms with Crippen LogP contribution in [0, 0.1) is 0 Å². The zero-order chi connectivity index (χ0) is 19.9. The lowest BCUT2D eigenvalue weighted by Crippen LogP contribution is -2.04. The summed E-state index contributed by atoms with van der Waals surface area (Å²) in [5.41, 5.74) is 1.08. The first kappa shape index (κ1) is 23.3. The van der Waals surface area contributed by atoms with Gasteiger partial charge in [-0.1, -0.05) is 88.6 Å². The molecule has 5 nitrogen and oxygen atoms in total. The molecule has 2 rings (SSSR count). The Labute approximate surface area is 179 Å². The molecule has 28 heavy (non-hydrogen) atoms. The second-order valence-corrected chi connectivity index (χ2v) is 8.38. The van der Waals surface area contributed by atoms with Crippen LogP contribution in [0.2, 0.25) is 10.6 Å². The molecule has 0 bridgehead atoms. The zero-order valence-corrected chi connectivity index (χ0v) is 18.5. The van der Waals surface area contributed by atoms with E-state index in [4.69, 9.17) is 28.0 Å². The maximum Gasteiger partial charge on any atom is 0.351 e. The van der Waals surface area contributed by atoms with E-state index in [2.05, 4.69) is 20.1 Å². The largest absolute Gasteiger partial charge is 0.351 e. The van der Waals surface area contributed by atoms with Gasteiger partial charge in [0, 0.05) is 0 Å². The lowest BCUT2D eigenvalue weighted by atomic mass is 10.0. The summed E-state index contributed by atoms with van der Waals surface area (Å²) < 4.78 is 0. The van der Waals surface area contributed by atoms with E-state index < -0.39 is 0 Å². The third kappa shape index (κ3) is 11.2. The quantitative estimate of drug-likeness (QED) is 0.455. The van der Waals surface area contributed by atoms with Gasteiger partial charge < -0.3 is 4.84 Å². The monoisotopic (exact) mass is 428 g/mol. The standard InChI is InChI=1S/C21H34Cl2N4O/c22-19-24-20(23)26-21(25-19)28-27-18-16-14-12-10-8-6-4-2-1-3-5-7-9-11-13-15-17-18/h1-17H2. The predicted octanol–water partition coefficient (Wildman–Crippen LogP) is 7.56. The predicted molar refractivity (Wildman–Crippen MR) is 116 cm³/mol. The van der Waals surface area contributed by atoms with Crippen molar-refractivity contribution in [3.05, 3.63) is 10.6 Å². The fourth-order valence-electron chi connectivity index (χ4n) is 3.63. The Bertz CT molecular complexity index is 543. The van der Waals surface area contributed by atoms with E-state index >= 15 is 0 Å². The van der Waals surface area contributed by atoms with Crippen LogP contribution in [0.15, 0.2) is 5.16 Å². The first-order valence-electron chi connectivity index (χ1n) is 11.0. The third-order valence-corrected chi connectivity index (χ3v) is 5.59. The highest BCUT2D eigenvalue weighted by Gasteiger charge is 2.07. The smallest absolute Gasteiger partial charge is 0.315 e. The van der Waals surface area contributed by atoms with Crippen LogP contribution in [0.4, 0.5) is 0 Å². The summed E-state index contributed by atoms with van der Waals surface area (Å²) in [6.07, 6.45) is 21.9. The maximum atomic E-state index is 5.79. The molecule has 158 valence electrons. The van der Waals surface area contributed by atoms with Crippen LogP contribution in [0.3, 0.4) is 0 Å². The summed E-state index contributed by atoms with van der Waals surface area (Å²) in [5, 5.41) is 4.34. The minimum Gasteiger partial charge on any atom is -0.315 e. The minimum absolute atomic E-state index is 0.0138. The third-order valence-electron chi connectivity index (χ3n) is 5.25. The van der Waals surface area contributed by atoms with Crippen LogP contribution in [-0.2, 0) is 0 Å². The van der Waals surface area contributed by atoms with Crippen molar-refractivity contribution in [1.29, 1.82) is 0 Å². The molecule has 0 radical (unpaired) electrons. The number of halogens is 2. The van der Waals surface area contributed by atoms with Crippen molar-refractivity contribution < 1.29 is 4.84 Å². The summed E-state index contributed by atoms with van der Waals surface area (Å²) in [4.78, 5) is 16.9. The zero-order valence-electron chi connectivity index (χ0n) is 17.0. The Balaban J connectivity index is 1.84. The number of hydrogen-bond acceptors (Lipinski definition) is 5. The van der Waals surface area contributed by atoms with Gasteiger partial charge in [0.2, 0.25) is 10.6 Å². The van der Waals surface area contributed by atoms with Gasteiger partial charge in [0.05, 0.1) is 5.71 Å². The molecule has 1 heterocycles. The van der Waals surface area contributed by atoms with Crippen molar-refractivity contribution in [3.8, 4) is 6.01 Å². The van der Waals surface area contributed by atoms with E-state index in [9.17, 15) is 0 Å². The Morgan fingerprint density at radius 2 is 0.893 bits per heavy atom. The van der Waals surface area contributed by atoms with E-state index in [0.717, 1.165) is 31.4 Å². The van der Waals surface area contributed by atoms with Crippen LogP contribution in [0.5, 0.6) is 6.01 Å².